The first kappa shape index (κ1) is 17.7. The predicted molar refractivity (Wildman–Crippen MR) is 106 cm³/mol. The minimum atomic E-state index is 0.660. The van der Waals surface area contributed by atoms with E-state index in [1.165, 1.54) is 37.4 Å². The van der Waals surface area contributed by atoms with Crippen molar-refractivity contribution in [1.82, 2.24) is 9.80 Å². The minimum absolute atomic E-state index is 0.660. The molecule has 2 aromatic rings. The van der Waals surface area contributed by atoms with Crippen LogP contribution in [0.3, 0.4) is 0 Å². The Kier molecular flexibility index (Phi) is 5.64. The summed E-state index contributed by atoms with van der Waals surface area (Å²) < 4.78 is 6.05. The highest BCUT2D eigenvalue weighted by Gasteiger charge is 2.25. The monoisotopic (exact) mass is 367 g/mol. The first-order valence-corrected chi connectivity index (χ1v) is 10.6. The largest absolute Gasteiger partial charge is 0.460 e. The van der Waals surface area contributed by atoms with Crippen molar-refractivity contribution >= 4 is 11.8 Å². The Morgan fingerprint density at radius 1 is 1.04 bits per heavy atom. The van der Waals surface area contributed by atoms with Crippen molar-refractivity contribution in [3.8, 4) is 17.4 Å². The lowest BCUT2D eigenvalue weighted by Crippen LogP contribution is -2.50. The van der Waals surface area contributed by atoms with Crippen molar-refractivity contribution in [3.05, 3.63) is 47.7 Å². The molecule has 2 fully saturated rings. The smallest absolute Gasteiger partial charge is 0.135 e. The highest BCUT2D eigenvalue weighted by molar-refractivity contribution is 7.99. The zero-order chi connectivity index (χ0) is 17.8. The number of rotatable bonds is 4. The lowest BCUT2D eigenvalue weighted by molar-refractivity contribution is 0.0841. The molecule has 0 amide bonds. The Balaban J connectivity index is 1.34. The molecule has 1 aromatic carbocycles. The van der Waals surface area contributed by atoms with Crippen LogP contribution in [0.1, 0.15) is 24.2 Å². The molecule has 1 aromatic heterocycles. The lowest BCUT2D eigenvalue weighted by atomic mass is 10.1. The second-order valence-corrected chi connectivity index (χ2v) is 8.30. The molecule has 0 radical (unpaired) electrons. The molecule has 0 N–H and O–H groups in total. The maximum atomic E-state index is 9.27. The van der Waals surface area contributed by atoms with Crippen LogP contribution in [0.4, 0.5) is 0 Å². The van der Waals surface area contributed by atoms with E-state index < -0.39 is 0 Å². The van der Waals surface area contributed by atoms with Gasteiger partial charge in [-0.25, -0.2) is 0 Å². The van der Waals surface area contributed by atoms with Gasteiger partial charge in [-0.3, -0.25) is 9.80 Å². The van der Waals surface area contributed by atoms with E-state index in [1.54, 1.807) is 0 Å². The van der Waals surface area contributed by atoms with E-state index in [1.807, 2.05) is 36.4 Å². The van der Waals surface area contributed by atoms with E-state index in [-0.39, 0.29) is 0 Å². The summed E-state index contributed by atoms with van der Waals surface area (Å²) in [5.74, 6) is 4.42. The quantitative estimate of drug-likeness (QED) is 0.822. The molecule has 2 saturated heterocycles. The molecule has 2 aliphatic heterocycles. The molecule has 5 heteroatoms. The molecule has 0 spiro atoms. The van der Waals surface area contributed by atoms with Crippen LogP contribution in [-0.4, -0.2) is 53.5 Å². The number of nitrogens with zero attached hydrogens (tertiary/aromatic N) is 3. The molecule has 136 valence electrons. The van der Waals surface area contributed by atoms with Crippen LogP contribution < -0.4 is 0 Å². The molecule has 0 aliphatic carbocycles. The van der Waals surface area contributed by atoms with Crippen molar-refractivity contribution in [2.75, 3.05) is 37.7 Å². The van der Waals surface area contributed by atoms with Crippen molar-refractivity contribution in [2.45, 2.75) is 25.4 Å². The summed E-state index contributed by atoms with van der Waals surface area (Å²) in [5, 5.41) is 9.27. The number of nitriles is 1. The van der Waals surface area contributed by atoms with Gasteiger partial charge >= 0.3 is 0 Å². The Labute approximate surface area is 159 Å². The number of piperazine rings is 1. The van der Waals surface area contributed by atoms with Gasteiger partial charge in [0.1, 0.15) is 11.5 Å². The van der Waals surface area contributed by atoms with E-state index in [0.29, 0.717) is 5.56 Å². The van der Waals surface area contributed by atoms with Gasteiger partial charge in [-0.1, -0.05) is 12.1 Å². The Bertz CT molecular complexity index is 768. The molecule has 0 saturated carbocycles. The van der Waals surface area contributed by atoms with Crippen molar-refractivity contribution in [1.29, 1.82) is 5.26 Å². The minimum Gasteiger partial charge on any atom is -0.460 e. The van der Waals surface area contributed by atoms with E-state index in [9.17, 15) is 5.26 Å². The number of hydrogen-bond acceptors (Lipinski definition) is 5. The van der Waals surface area contributed by atoms with Crippen LogP contribution >= 0.6 is 11.8 Å². The number of benzene rings is 1. The first-order chi connectivity index (χ1) is 12.8. The van der Waals surface area contributed by atoms with E-state index in [0.717, 1.165) is 42.8 Å². The van der Waals surface area contributed by atoms with Gasteiger partial charge in [0.15, 0.2) is 0 Å². The predicted octanol–water partition coefficient (Wildman–Crippen LogP) is 3.83. The molecule has 4 nitrogen and oxygen atoms in total. The van der Waals surface area contributed by atoms with Gasteiger partial charge in [-0.15, -0.1) is 0 Å². The van der Waals surface area contributed by atoms with Gasteiger partial charge in [-0.05, 0) is 48.6 Å². The summed E-state index contributed by atoms with van der Waals surface area (Å²) in [7, 11) is 0. The third-order valence-electron chi connectivity index (χ3n) is 5.47. The molecule has 0 bridgehead atoms. The molecule has 3 heterocycles. The average molecular weight is 368 g/mol. The van der Waals surface area contributed by atoms with Crippen LogP contribution in [0.15, 0.2) is 40.8 Å². The maximum absolute atomic E-state index is 9.27. The zero-order valence-corrected chi connectivity index (χ0v) is 15.9. The molecular weight excluding hydrogens is 342 g/mol. The fourth-order valence-corrected chi connectivity index (χ4v) is 5.04. The van der Waals surface area contributed by atoms with Gasteiger partial charge < -0.3 is 4.42 Å². The van der Waals surface area contributed by atoms with Crippen molar-refractivity contribution < 1.29 is 4.42 Å². The highest BCUT2D eigenvalue weighted by atomic mass is 32.2. The number of thioether (sulfide) groups is 1. The van der Waals surface area contributed by atoms with Gasteiger partial charge in [0.2, 0.25) is 0 Å². The zero-order valence-electron chi connectivity index (χ0n) is 15.1. The van der Waals surface area contributed by atoms with Gasteiger partial charge in [0.05, 0.1) is 18.2 Å². The van der Waals surface area contributed by atoms with Crippen LogP contribution in [-0.2, 0) is 6.54 Å². The fourth-order valence-electron chi connectivity index (χ4n) is 3.96. The van der Waals surface area contributed by atoms with Crippen LogP contribution in [0, 0.1) is 11.3 Å². The summed E-state index contributed by atoms with van der Waals surface area (Å²) >= 11 is 2.10. The van der Waals surface area contributed by atoms with Crippen LogP contribution in [0.2, 0.25) is 0 Å². The normalized spacial score (nSPS) is 20.1. The molecule has 26 heavy (non-hydrogen) atoms. The molecular formula is C21H25N3OS. The maximum Gasteiger partial charge on any atom is 0.135 e. The summed E-state index contributed by atoms with van der Waals surface area (Å²) in [6.07, 6.45) is 2.70. The summed E-state index contributed by atoms with van der Waals surface area (Å²) in [6.45, 7) is 5.40. The summed E-state index contributed by atoms with van der Waals surface area (Å²) in [5.41, 5.74) is 1.54. The van der Waals surface area contributed by atoms with E-state index in [2.05, 4.69) is 27.6 Å². The number of hydrogen-bond donors (Lipinski definition) is 0. The van der Waals surface area contributed by atoms with E-state index >= 15 is 0 Å². The molecule has 2 aliphatic rings. The Morgan fingerprint density at radius 3 is 2.58 bits per heavy atom. The molecule has 0 atom stereocenters. The molecule has 4 rings (SSSR count). The second kappa shape index (κ2) is 8.30. The van der Waals surface area contributed by atoms with Gasteiger partial charge in [0.25, 0.3) is 0 Å². The van der Waals surface area contributed by atoms with Crippen molar-refractivity contribution in [3.63, 3.8) is 0 Å². The van der Waals surface area contributed by atoms with Gasteiger partial charge in [0, 0.05) is 37.8 Å². The third kappa shape index (κ3) is 3.98. The Morgan fingerprint density at radius 2 is 1.81 bits per heavy atom. The fraction of sp³-hybridized carbons (Fsp3) is 0.476. The van der Waals surface area contributed by atoms with Gasteiger partial charge in [-0.2, -0.15) is 17.0 Å². The SMILES string of the molecule is N#Cc1ccccc1-c1ccc(CN2CCN(C3CCSCC3)CC2)o1. The second-order valence-electron chi connectivity index (χ2n) is 7.08. The van der Waals surface area contributed by atoms with Crippen LogP contribution in [0.25, 0.3) is 11.3 Å². The Hall–Kier alpha value is -1.74. The highest BCUT2D eigenvalue weighted by Crippen LogP contribution is 2.27. The topological polar surface area (TPSA) is 43.4 Å². The summed E-state index contributed by atoms with van der Waals surface area (Å²) in [6, 6.07) is 14.7. The average Bonchev–Trinajstić information content (AvgIpc) is 3.17. The first-order valence-electron chi connectivity index (χ1n) is 9.46. The lowest BCUT2D eigenvalue weighted by Gasteiger charge is -2.40. The van der Waals surface area contributed by atoms with E-state index in [4.69, 9.17) is 4.42 Å². The third-order valence-corrected chi connectivity index (χ3v) is 6.52. The van der Waals surface area contributed by atoms with Crippen LogP contribution in [0.5, 0.6) is 0 Å². The number of furan rings is 1. The van der Waals surface area contributed by atoms with Crippen molar-refractivity contribution in [2.24, 2.45) is 0 Å². The molecule has 0 unspecified atom stereocenters. The standard InChI is InChI=1S/C21H25N3OS/c22-15-17-3-1-2-4-20(17)21-6-5-19(25-21)16-23-9-11-24(12-10-23)18-7-13-26-14-8-18/h1-6,18H,7-14,16H2. The summed E-state index contributed by atoms with van der Waals surface area (Å²) in [4.78, 5) is 5.17.